The zero-order valence-electron chi connectivity index (χ0n) is 11.2. The number of aromatic amines is 2. The van der Waals surface area contributed by atoms with Crippen molar-refractivity contribution in [3.63, 3.8) is 0 Å². The molecule has 0 amide bonds. The molecular weight excluding hydrogens is 280 g/mol. The summed E-state index contributed by atoms with van der Waals surface area (Å²) in [6, 6.07) is 0. The lowest BCUT2D eigenvalue weighted by atomic mass is 10.0. The predicted molar refractivity (Wildman–Crippen MR) is 72.6 cm³/mol. The summed E-state index contributed by atoms with van der Waals surface area (Å²) >= 11 is 0. The number of aliphatic hydroxyl groups is 2. The van der Waals surface area contributed by atoms with Crippen molar-refractivity contribution in [2.24, 2.45) is 0 Å². The summed E-state index contributed by atoms with van der Waals surface area (Å²) in [4.78, 5) is 21.1. The second kappa shape index (κ2) is 5.11. The summed E-state index contributed by atoms with van der Waals surface area (Å²) in [6.07, 6.45) is -1.51. The van der Waals surface area contributed by atoms with Gasteiger partial charge < -0.3 is 30.4 Å². The maximum Gasteiger partial charge on any atom is 0.276 e. The fourth-order valence-electron chi connectivity index (χ4n) is 2.67. The van der Waals surface area contributed by atoms with Gasteiger partial charge >= 0.3 is 0 Å². The Morgan fingerprint density at radius 3 is 3.00 bits per heavy atom. The molecule has 114 valence electrons. The average molecular weight is 296 g/mol. The number of hydrogen-bond donors (Lipinski definition) is 5. The quantitative estimate of drug-likeness (QED) is 0.470. The highest BCUT2D eigenvalue weighted by atomic mass is 16.6. The molecule has 0 bridgehead atoms. The molecule has 6 N–H and O–H groups in total. The number of H-pyrrole nitrogens is 2. The predicted octanol–water partition coefficient (Wildman–Crippen LogP) is -1.36. The Balaban J connectivity index is 2.10. The minimum absolute atomic E-state index is 0.0143. The average Bonchev–Trinajstić information content (AvgIpc) is 2.99. The van der Waals surface area contributed by atoms with E-state index in [9.17, 15) is 15.0 Å². The van der Waals surface area contributed by atoms with Gasteiger partial charge in [-0.15, -0.1) is 0 Å². The number of fused-ring (bicyclic) bond motifs is 1. The van der Waals surface area contributed by atoms with Crippen molar-refractivity contribution < 1.29 is 19.7 Å². The lowest BCUT2D eigenvalue weighted by Crippen LogP contribution is -2.33. The Morgan fingerprint density at radius 2 is 2.33 bits per heavy atom. The van der Waals surface area contributed by atoms with Crippen LogP contribution in [0.5, 0.6) is 0 Å². The van der Waals surface area contributed by atoms with Crippen LogP contribution in [-0.4, -0.2) is 57.2 Å². The van der Waals surface area contributed by atoms with Crippen molar-refractivity contribution in [1.29, 1.82) is 0 Å². The van der Waals surface area contributed by atoms with Crippen molar-refractivity contribution in [1.82, 2.24) is 15.0 Å². The Kier molecular flexibility index (Phi) is 3.41. The molecular formula is C12H16N4O5. The molecule has 1 saturated heterocycles. The van der Waals surface area contributed by atoms with E-state index in [1.54, 1.807) is 6.20 Å². The zero-order chi connectivity index (χ0) is 15.1. The van der Waals surface area contributed by atoms with Crippen LogP contribution >= 0.6 is 0 Å². The Labute approximate surface area is 118 Å². The normalized spacial score (nSPS) is 29.3. The number of hydrogen-bond acceptors (Lipinski definition) is 7. The Bertz CT molecular complexity index is 711. The monoisotopic (exact) mass is 296 g/mol. The number of nitrogens with zero attached hydrogens (tertiary/aromatic N) is 1. The molecule has 1 aliphatic rings. The first-order valence-electron chi connectivity index (χ1n) is 6.40. The molecule has 0 aromatic carbocycles. The van der Waals surface area contributed by atoms with E-state index in [0.29, 0.717) is 11.1 Å². The number of methoxy groups -OCH3 is 1. The summed E-state index contributed by atoms with van der Waals surface area (Å²) in [5, 5.41) is 19.3. The molecule has 0 aliphatic carbocycles. The van der Waals surface area contributed by atoms with E-state index in [2.05, 4.69) is 15.0 Å². The summed E-state index contributed by atoms with van der Waals surface area (Å²) in [5.41, 5.74) is 6.33. The highest BCUT2D eigenvalue weighted by Crippen LogP contribution is 2.37. The molecule has 0 spiro atoms. The first-order chi connectivity index (χ1) is 10.1. The fourth-order valence-corrected chi connectivity index (χ4v) is 2.67. The Morgan fingerprint density at radius 1 is 1.57 bits per heavy atom. The van der Waals surface area contributed by atoms with Crippen LogP contribution in [0.2, 0.25) is 0 Å². The van der Waals surface area contributed by atoms with Crippen molar-refractivity contribution in [3.05, 3.63) is 22.1 Å². The van der Waals surface area contributed by atoms with Crippen molar-refractivity contribution in [2.75, 3.05) is 19.5 Å². The maximum absolute atomic E-state index is 11.8. The molecule has 9 nitrogen and oxygen atoms in total. The highest BCUT2D eigenvalue weighted by Gasteiger charge is 2.45. The van der Waals surface area contributed by atoms with Crippen molar-refractivity contribution in [2.45, 2.75) is 24.4 Å². The first kappa shape index (κ1) is 14.0. The lowest BCUT2D eigenvalue weighted by molar-refractivity contribution is -0.0229. The second-order valence-corrected chi connectivity index (χ2v) is 4.89. The molecule has 21 heavy (non-hydrogen) atoms. The van der Waals surface area contributed by atoms with Crippen LogP contribution in [0.25, 0.3) is 11.0 Å². The number of ether oxygens (including phenoxy) is 2. The first-order valence-corrected chi connectivity index (χ1v) is 6.40. The highest BCUT2D eigenvalue weighted by molar-refractivity contribution is 5.79. The number of anilines is 1. The topological polar surface area (TPSA) is 146 Å². The minimum Gasteiger partial charge on any atom is -0.394 e. The number of nitrogen functional groups attached to an aromatic ring is 1. The van der Waals surface area contributed by atoms with Crippen LogP contribution < -0.4 is 11.3 Å². The molecule has 0 saturated carbocycles. The van der Waals surface area contributed by atoms with Gasteiger partial charge in [0, 0.05) is 18.9 Å². The summed E-state index contributed by atoms with van der Waals surface area (Å²) < 4.78 is 10.9. The summed E-state index contributed by atoms with van der Waals surface area (Å²) in [7, 11) is 1.44. The van der Waals surface area contributed by atoms with Gasteiger partial charge in [0.05, 0.1) is 6.61 Å². The van der Waals surface area contributed by atoms with Crippen molar-refractivity contribution >= 4 is 17.0 Å². The van der Waals surface area contributed by atoms with Gasteiger partial charge in [-0.05, 0) is 0 Å². The SMILES string of the molecule is CO[C@H]1C(O)[C@@H](CO)O[C@H]1c1c[nH]c2c(=O)[nH]c(N)nc12. The lowest BCUT2D eigenvalue weighted by Gasteiger charge is -2.17. The van der Waals surface area contributed by atoms with E-state index in [4.69, 9.17) is 15.2 Å². The molecule has 1 unspecified atom stereocenters. The van der Waals surface area contributed by atoms with Crippen LogP contribution in [0.1, 0.15) is 11.7 Å². The van der Waals surface area contributed by atoms with E-state index in [0.717, 1.165) is 0 Å². The summed E-state index contributed by atoms with van der Waals surface area (Å²) in [6.45, 7) is -0.337. The molecule has 2 aromatic heterocycles. The number of aromatic nitrogens is 3. The van der Waals surface area contributed by atoms with Gasteiger partial charge in [-0.25, -0.2) is 4.98 Å². The van der Waals surface area contributed by atoms with E-state index in [1.807, 2.05) is 0 Å². The van der Waals surface area contributed by atoms with E-state index < -0.39 is 30.0 Å². The van der Waals surface area contributed by atoms with Gasteiger partial charge in [-0.1, -0.05) is 0 Å². The number of nitrogens with two attached hydrogens (primary N) is 1. The van der Waals surface area contributed by atoms with Crippen LogP contribution in [-0.2, 0) is 9.47 Å². The molecule has 3 heterocycles. The van der Waals surface area contributed by atoms with Crippen LogP contribution in [0.3, 0.4) is 0 Å². The molecule has 1 aliphatic heterocycles. The smallest absolute Gasteiger partial charge is 0.276 e. The van der Waals surface area contributed by atoms with Crippen molar-refractivity contribution in [3.8, 4) is 0 Å². The van der Waals surface area contributed by atoms with Gasteiger partial charge in [-0.3, -0.25) is 9.78 Å². The van der Waals surface area contributed by atoms with Crippen LogP contribution in [0.15, 0.2) is 11.0 Å². The van der Waals surface area contributed by atoms with Gasteiger partial charge in [0.2, 0.25) is 5.95 Å². The van der Waals surface area contributed by atoms with E-state index in [1.165, 1.54) is 7.11 Å². The molecule has 9 heteroatoms. The molecule has 0 radical (unpaired) electrons. The zero-order valence-corrected chi connectivity index (χ0v) is 11.2. The summed E-state index contributed by atoms with van der Waals surface area (Å²) in [5.74, 6) is -0.0143. The van der Waals surface area contributed by atoms with E-state index in [-0.39, 0.29) is 18.1 Å². The third-order valence-electron chi connectivity index (χ3n) is 3.68. The minimum atomic E-state index is -0.978. The number of aliphatic hydroxyl groups excluding tert-OH is 2. The number of nitrogens with one attached hydrogen (secondary N) is 2. The van der Waals surface area contributed by atoms with E-state index >= 15 is 0 Å². The Hall–Kier alpha value is -1.94. The third kappa shape index (κ3) is 2.10. The van der Waals surface area contributed by atoms with Gasteiger partial charge in [0.15, 0.2) is 0 Å². The third-order valence-corrected chi connectivity index (χ3v) is 3.68. The molecule has 4 atom stereocenters. The maximum atomic E-state index is 11.8. The van der Waals surface area contributed by atoms with Gasteiger partial charge in [0.1, 0.15) is 35.4 Å². The fraction of sp³-hybridized carbons (Fsp3) is 0.500. The van der Waals surface area contributed by atoms with Crippen LogP contribution in [0, 0.1) is 0 Å². The van der Waals surface area contributed by atoms with Gasteiger partial charge in [0.25, 0.3) is 5.56 Å². The molecule has 3 rings (SSSR count). The van der Waals surface area contributed by atoms with Gasteiger partial charge in [-0.2, -0.15) is 0 Å². The largest absolute Gasteiger partial charge is 0.394 e. The molecule has 2 aromatic rings. The molecule has 1 fully saturated rings. The standard InChI is InChI=1S/C12H16N4O5/c1-20-10-8(18)5(3-17)21-9(10)4-2-14-7-6(4)15-12(13)16-11(7)19/h2,5,8-10,14,17-18H,3H2,1H3,(H3,13,15,16,19)/t5-,8?,9+,10+/m1/s1. The van der Waals surface area contributed by atoms with Crippen LogP contribution in [0.4, 0.5) is 5.95 Å². The number of rotatable bonds is 3. The second-order valence-electron chi connectivity index (χ2n) is 4.89.